The van der Waals surface area contributed by atoms with Crippen molar-refractivity contribution in [1.82, 2.24) is 14.9 Å². The Morgan fingerprint density at radius 1 is 1.02 bits per heavy atom. The molecule has 0 aliphatic carbocycles. The lowest BCUT2D eigenvalue weighted by atomic mass is 9.73. The molecule has 3 saturated heterocycles. The van der Waals surface area contributed by atoms with Gasteiger partial charge in [0, 0.05) is 47.2 Å². The van der Waals surface area contributed by atoms with Gasteiger partial charge in [-0.3, -0.25) is 19.4 Å². The number of hydrogen-bond donors (Lipinski definition) is 11. The zero-order valence-corrected chi connectivity index (χ0v) is 51.0. The van der Waals surface area contributed by atoms with E-state index in [2.05, 4.69) is 25.4 Å². The number of Topliss-reactive ketones (excluding diaryl/α,β-unsaturated/α-hetero) is 1. The number of amides is 2. The minimum Gasteiger partial charge on any atom is -0.479 e. The zero-order chi connectivity index (χ0) is 63.9. The van der Waals surface area contributed by atoms with Gasteiger partial charge in [0.1, 0.15) is 52.7 Å². The molecule has 5 heterocycles. The molecule has 2 aromatic rings. The van der Waals surface area contributed by atoms with Crippen LogP contribution in [0, 0.1) is 17.8 Å². The van der Waals surface area contributed by atoms with Gasteiger partial charge in [-0.2, -0.15) is 0 Å². The number of rotatable bonds is 20. The Balaban J connectivity index is 0.00000106. The lowest BCUT2D eigenvalue weighted by molar-refractivity contribution is -0.296. The Morgan fingerprint density at radius 2 is 1.71 bits per heavy atom. The van der Waals surface area contributed by atoms with Crippen molar-refractivity contribution in [2.45, 2.75) is 204 Å². The van der Waals surface area contributed by atoms with E-state index >= 15 is 4.39 Å². The van der Waals surface area contributed by atoms with Crippen LogP contribution in [0.2, 0.25) is 0 Å². The van der Waals surface area contributed by atoms with Crippen LogP contribution in [0.4, 0.5) is 10.2 Å². The lowest BCUT2D eigenvalue weighted by Gasteiger charge is -2.47. The molecule has 0 unspecified atom stereocenters. The zero-order valence-electron chi connectivity index (χ0n) is 50.2. The molecule has 0 aromatic carbocycles. The number of aliphatic hydroxyl groups excluding tert-OH is 6. The minimum absolute atomic E-state index is 0.0232. The van der Waals surface area contributed by atoms with Crippen LogP contribution in [0.1, 0.15) is 113 Å². The van der Waals surface area contributed by atoms with Crippen LogP contribution in [0.25, 0.3) is 10.6 Å². The number of oxime groups is 1. The van der Waals surface area contributed by atoms with Gasteiger partial charge in [-0.05, 0) is 98.5 Å². The first-order chi connectivity index (χ1) is 39.8. The highest BCUT2D eigenvalue weighted by Gasteiger charge is 2.57. The average molecular weight is 1230 g/mol. The maximum absolute atomic E-state index is 17.0. The summed E-state index contributed by atoms with van der Waals surface area (Å²) in [7, 11) is 3.62. The summed E-state index contributed by atoms with van der Waals surface area (Å²) in [6, 6.07) is 2.41. The summed E-state index contributed by atoms with van der Waals surface area (Å²) in [5.74, 6) is -7.85. The molecular weight excluding hydrogens is 1140 g/mol. The van der Waals surface area contributed by atoms with Crippen LogP contribution in [-0.2, 0) is 59.1 Å². The molecule has 5 rings (SSSR count). The number of pyridine rings is 1. The van der Waals surface area contributed by atoms with E-state index in [0.29, 0.717) is 47.2 Å². The van der Waals surface area contributed by atoms with Gasteiger partial charge in [0.2, 0.25) is 11.8 Å². The van der Waals surface area contributed by atoms with E-state index in [9.17, 15) is 34.2 Å². The summed E-state index contributed by atoms with van der Waals surface area (Å²) in [6.07, 6.45) is -10.9. The first-order valence-corrected chi connectivity index (χ1v) is 29.3. The summed E-state index contributed by atoms with van der Waals surface area (Å²) in [6.45, 7) is 12.8. The number of fused-ring (bicyclic) bond motifs is 5. The van der Waals surface area contributed by atoms with Crippen LogP contribution in [0.5, 0.6) is 0 Å². The molecule has 18 atom stereocenters. The van der Waals surface area contributed by atoms with E-state index in [1.54, 1.807) is 51.4 Å². The van der Waals surface area contributed by atoms with Gasteiger partial charge >= 0.3 is 11.9 Å². The van der Waals surface area contributed by atoms with Gasteiger partial charge in [-0.25, -0.2) is 24.0 Å². The number of unbranched alkanes of at least 4 members (excludes halogenated alkanes) is 1. The number of esters is 1. The van der Waals surface area contributed by atoms with Crippen molar-refractivity contribution >= 4 is 58.1 Å². The van der Waals surface area contributed by atoms with Crippen molar-refractivity contribution in [2.75, 3.05) is 45.8 Å². The number of anilines is 1. The maximum atomic E-state index is 17.0. The van der Waals surface area contributed by atoms with Gasteiger partial charge in [0.25, 0.3) is 5.67 Å². The van der Waals surface area contributed by atoms with Crippen LogP contribution in [-0.4, -0.2) is 227 Å². The number of carboxylic acid groups (broad SMARTS) is 1. The van der Waals surface area contributed by atoms with Gasteiger partial charge < -0.3 is 91.1 Å². The van der Waals surface area contributed by atoms with Crippen molar-refractivity contribution in [3.8, 4) is 10.6 Å². The molecule has 29 heteroatoms. The summed E-state index contributed by atoms with van der Waals surface area (Å²) < 4.78 is 49.1. The Hall–Kier alpha value is -4.96. The summed E-state index contributed by atoms with van der Waals surface area (Å²) >= 11 is 1.32. The summed E-state index contributed by atoms with van der Waals surface area (Å²) in [5.41, 5.74) is 6.32. The molecule has 480 valence electrons. The maximum Gasteiger partial charge on any atom is 0.351 e. The molecule has 0 spiro atoms. The number of nitrogens with two attached hydrogens (primary N) is 2. The quantitative estimate of drug-likeness (QED) is 0.0382. The van der Waals surface area contributed by atoms with Gasteiger partial charge in [-0.1, -0.05) is 46.2 Å². The van der Waals surface area contributed by atoms with Gasteiger partial charge in [-0.15, -0.1) is 11.3 Å². The first-order valence-electron chi connectivity index (χ1n) is 28.4. The third kappa shape index (κ3) is 19.0. The number of carbonyl (C=O) groups excluding carboxylic acids is 4. The number of ketones is 1. The third-order valence-electron chi connectivity index (χ3n) is 15.5. The van der Waals surface area contributed by atoms with Crippen molar-refractivity contribution in [3.63, 3.8) is 0 Å². The fourth-order valence-electron chi connectivity index (χ4n) is 10.5. The van der Waals surface area contributed by atoms with Crippen LogP contribution >= 0.6 is 11.3 Å². The largest absolute Gasteiger partial charge is 0.479 e. The predicted molar refractivity (Wildman–Crippen MR) is 307 cm³/mol. The number of aliphatic carboxylic acids is 1. The number of ether oxygens (including phenoxy) is 5. The average Bonchev–Trinajstić information content (AvgIpc) is 2.64. The van der Waals surface area contributed by atoms with Crippen LogP contribution in [0.3, 0.4) is 0 Å². The van der Waals surface area contributed by atoms with Gasteiger partial charge in [0.05, 0.1) is 55.5 Å². The SMILES string of the molecule is CCC(=O)N=C1[C@H](C)C[C@@]2(C)OC/C(=N/OCc3ccc(-c4nc(NC(=O)[C@@H](N)CCCCN)cs4)cn3)CO[C@@H]([C@H]1C)[C@](C)(O)[C@@H](CC)OC(=O)[C@@](C)(F)C(=O)[C@H](C)[C@H]2O[C@@H]1O[C@H](C)C[C@H](N(C)C)[C@H]1O.O=C(O)[C@H](O)[C@H](O)[C@H](O)[C@@H](O)CO. The monoisotopic (exact) mass is 1230 g/mol. The van der Waals surface area contributed by atoms with E-state index in [1.165, 1.54) is 25.2 Å². The molecule has 13 N–H and O–H groups in total. The van der Waals surface area contributed by atoms with Crippen molar-refractivity contribution < 1.29 is 97.7 Å². The second-order valence-corrected chi connectivity index (χ2v) is 23.6. The van der Waals surface area contributed by atoms with E-state index in [-0.39, 0.29) is 50.7 Å². The fourth-order valence-corrected chi connectivity index (χ4v) is 11.2. The lowest BCUT2D eigenvalue weighted by Crippen LogP contribution is -2.61. The Morgan fingerprint density at radius 3 is 2.29 bits per heavy atom. The fraction of sp³-hybridized carbons (Fsp3) is 0.732. The molecule has 2 bridgehead atoms. The number of carbonyl (C=O) groups is 5. The molecule has 3 fully saturated rings. The third-order valence-corrected chi connectivity index (χ3v) is 16.4. The normalized spacial score (nSPS) is 32.5. The van der Waals surface area contributed by atoms with Crippen molar-refractivity contribution in [2.24, 2.45) is 39.4 Å². The second-order valence-electron chi connectivity index (χ2n) is 22.7. The van der Waals surface area contributed by atoms with Gasteiger partial charge in [0.15, 0.2) is 24.8 Å². The highest BCUT2D eigenvalue weighted by molar-refractivity contribution is 7.13. The van der Waals surface area contributed by atoms with Crippen molar-refractivity contribution in [3.05, 3.63) is 29.4 Å². The van der Waals surface area contributed by atoms with Crippen molar-refractivity contribution in [1.29, 1.82) is 0 Å². The number of hydrogen-bond acceptors (Lipinski definition) is 25. The molecule has 2 aromatic heterocycles. The molecule has 0 saturated carbocycles. The smallest absolute Gasteiger partial charge is 0.351 e. The Labute approximate surface area is 498 Å². The molecule has 2 amide bonds. The number of halogens is 1. The highest BCUT2D eigenvalue weighted by Crippen LogP contribution is 2.41. The number of cyclic esters (lactones) is 1. The number of aliphatic hydroxyl groups is 7. The molecule has 3 aliphatic rings. The number of alkyl halides is 1. The predicted octanol–water partition coefficient (Wildman–Crippen LogP) is 1.02. The molecule has 3 aliphatic heterocycles. The number of aromatic nitrogens is 2. The number of aliphatic imine (C=N–C) groups is 1. The molecule has 27 nitrogen and oxygen atoms in total. The molecule has 0 radical (unpaired) electrons. The second kappa shape index (κ2) is 32.3. The first kappa shape index (κ1) is 72.5. The van der Waals surface area contributed by atoms with E-state index < -0.39 is 138 Å². The number of likely N-dealkylation sites (N-methyl/N-ethyl adjacent to an activating group) is 1. The van der Waals surface area contributed by atoms with E-state index in [4.69, 9.17) is 70.6 Å². The van der Waals surface area contributed by atoms with E-state index in [1.807, 2.05) is 32.8 Å². The molecular formula is C56H89FN8O19S. The number of nitrogens with one attached hydrogen (secondary N) is 1. The topological polar surface area (TPSA) is 420 Å². The molecule has 85 heavy (non-hydrogen) atoms. The number of carboxylic acids is 1. The highest BCUT2D eigenvalue weighted by atomic mass is 32.1. The standard InChI is InChI=1S/C50H77FN8O12S.C6H12O7/c1-12-36-50(9,65)43-29(5)39(57-38(60)13-2)27(3)21-48(7,42(30(6)41(62)49(8,51)47(64)70-36)71-46-40(61)35(59(10)11)20-28(4)69-46)67-24-33(23-66-43)58-68-25-32-18-17-31(22-54-32)45-56-37(26-72-45)55-44(63)34(53)16-14-15-19-52;7-1-2(8)3(9)4(10)5(11)6(12)13/h17-18,22,26-30,34-36,40,42-43,46,61,65H,12-16,19-21,23-25,52-53H2,1-11H3,(H,55,63);2-5,7-11H,1H2,(H,12,13)/b57-39?,58-33+;/t27-,28-,29+,30+,34+,35+,36-,40-,42-,43+,46+,48-,49+,50-;2-,3+,4+,5+/m10/s1. The summed E-state index contributed by atoms with van der Waals surface area (Å²) in [4.78, 5) is 85.9. The Bertz CT molecular complexity index is 2580. The van der Waals surface area contributed by atoms with E-state index in [0.717, 1.165) is 19.8 Å². The Kier molecular flexibility index (Phi) is 27.6. The minimum atomic E-state index is -3.25. The number of nitrogens with zero attached hydrogens (tertiary/aromatic N) is 5. The van der Waals surface area contributed by atoms with Crippen LogP contribution < -0.4 is 16.8 Å². The number of thiazole rings is 1. The summed E-state index contributed by atoms with van der Waals surface area (Å²) in [5, 5.41) is 85.6. The van der Waals surface area contributed by atoms with Crippen LogP contribution in [0.15, 0.2) is 33.9 Å².